The lowest BCUT2D eigenvalue weighted by Crippen LogP contribution is -2.28. The Morgan fingerprint density at radius 1 is 1.17 bits per heavy atom. The molecule has 0 radical (unpaired) electrons. The van der Waals surface area contributed by atoms with Crippen LogP contribution in [0.5, 0.6) is 0 Å². The van der Waals surface area contributed by atoms with Crippen LogP contribution < -0.4 is 5.56 Å². The van der Waals surface area contributed by atoms with Crippen molar-refractivity contribution in [3.05, 3.63) is 86.0 Å². The highest BCUT2D eigenvalue weighted by Gasteiger charge is 2.24. The van der Waals surface area contributed by atoms with E-state index in [2.05, 4.69) is 0 Å². The van der Waals surface area contributed by atoms with Crippen molar-refractivity contribution in [1.29, 1.82) is 0 Å². The van der Waals surface area contributed by atoms with Crippen molar-refractivity contribution in [3.8, 4) is 0 Å². The largest absolute Gasteiger partial charge is 0.477 e. The Balaban J connectivity index is 2.17. The van der Waals surface area contributed by atoms with Crippen molar-refractivity contribution >= 4 is 29.1 Å². The topological polar surface area (TPSA) is 85.1 Å². The van der Waals surface area contributed by atoms with Crippen LogP contribution in [0.2, 0.25) is 5.02 Å². The Labute approximate surface area is 176 Å². The minimum Gasteiger partial charge on any atom is -0.477 e. The van der Waals surface area contributed by atoms with Crippen LogP contribution >= 0.6 is 11.6 Å². The highest BCUT2D eigenvalue weighted by molar-refractivity contribution is 6.30. The van der Waals surface area contributed by atoms with E-state index in [0.717, 1.165) is 10.5 Å². The third-order valence-corrected chi connectivity index (χ3v) is 4.59. The molecule has 3 rings (SSSR count). The van der Waals surface area contributed by atoms with Gasteiger partial charge in [-0.2, -0.15) is 0 Å². The molecule has 0 aliphatic rings. The maximum Gasteiger partial charge on any atom is 0.341 e. The zero-order valence-electron chi connectivity index (χ0n) is 16.5. The van der Waals surface area contributed by atoms with Crippen molar-refractivity contribution < 1.29 is 23.8 Å². The molecule has 30 heavy (non-hydrogen) atoms. The summed E-state index contributed by atoms with van der Waals surface area (Å²) < 4.78 is 20.7. The van der Waals surface area contributed by atoms with Crippen molar-refractivity contribution in [3.63, 3.8) is 0 Å². The number of halogens is 2. The average Bonchev–Trinajstić information content (AvgIpc) is 2.64. The summed E-state index contributed by atoms with van der Waals surface area (Å²) >= 11 is 5.82. The molecule has 0 aliphatic carbocycles. The second-order valence-corrected chi connectivity index (χ2v) is 8.17. The van der Waals surface area contributed by atoms with Crippen molar-refractivity contribution in [2.24, 2.45) is 0 Å². The first-order chi connectivity index (χ1) is 14.0. The number of esters is 1. The lowest BCUT2D eigenvalue weighted by Gasteiger charge is -2.20. The lowest BCUT2D eigenvalue weighted by atomic mass is 10.0. The highest BCUT2D eigenvalue weighted by atomic mass is 35.5. The van der Waals surface area contributed by atoms with Gasteiger partial charge in [0.15, 0.2) is 0 Å². The van der Waals surface area contributed by atoms with Crippen LogP contribution in [0.1, 0.15) is 52.6 Å². The zero-order valence-corrected chi connectivity index (χ0v) is 17.3. The Morgan fingerprint density at radius 2 is 1.87 bits per heavy atom. The maximum atomic E-state index is 14.2. The van der Waals surface area contributed by atoms with E-state index >= 15 is 0 Å². The van der Waals surface area contributed by atoms with E-state index in [1.165, 1.54) is 18.3 Å². The van der Waals surface area contributed by atoms with Crippen LogP contribution in [0.4, 0.5) is 4.39 Å². The first kappa shape index (κ1) is 21.5. The minimum absolute atomic E-state index is 0.0224. The Hall–Kier alpha value is -3.19. The molecular weight excluding hydrogens is 413 g/mol. The van der Waals surface area contributed by atoms with E-state index in [-0.39, 0.29) is 22.5 Å². The summed E-state index contributed by atoms with van der Waals surface area (Å²) in [4.78, 5) is 36.9. The van der Waals surface area contributed by atoms with Crippen molar-refractivity contribution in [1.82, 2.24) is 4.40 Å². The standard InChI is InChI=1S/C22H19ClFNO5/c1-22(2,3)30-21(29)14-10-15(20(27)28)19(26)25-11-12(7-8-17(14)25)9-13-5-4-6-16(23)18(13)24/h4-8,10-11H,9H2,1-3H3,(H,27,28). The molecule has 0 fully saturated rings. The van der Waals surface area contributed by atoms with E-state index in [1.807, 2.05) is 0 Å². The number of aromatic carboxylic acids is 1. The van der Waals surface area contributed by atoms with Crippen LogP contribution in [-0.2, 0) is 11.2 Å². The Morgan fingerprint density at radius 3 is 2.50 bits per heavy atom. The molecule has 0 atom stereocenters. The molecule has 1 N–H and O–H groups in total. The molecule has 1 aromatic carbocycles. The van der Waals surface area contributed by atoms with Gasteiger partial charge < -0.3 is 9.84 Å². The molecule has 0 saturated carbocycles. The van der Waals surface area contributed by atoms with Crippen LogP contribution in [0, 0.1) is 5.82 Å². The third kappa shape index (κ3) is 4.36. The van der Waals surface area contributed by atoms with E-state index in [0.29, 0.717) is 11.1 Å². The number of benzene rings is 1. The molecule has 6 nitrogen and oxygen atoms in total. The normalized spacial score (nSPS) is 11.5. The van der Waals surface area contributed by atoms with Gasteiger partial charge in [0.25, 0.3) is 5.56 Å². The molecule has 0 aliphatic heterocycles. The summed E-state index contributed by atoms with van der Waals surface area (Å²) in [5.74, 6) is -2.79. The zero-order chi connectivity index (χ0) is 22.2. The van der Waals surface area contributed by atoms with Gasteiger partial charge in [0.05, 0.1) is 16.1 Å². The van der Waals surface area contributed by atoms with E-state index < -0.39 is 34.5 Å². The predicted octanol–water partition coefficient (Wildman–Crippen LogP) is 4.34. The smallest absolute Gasteiger partial charge is 0.341 e. The molecule has 3 aromatic rings. The van der Waals surface area contributed by atoms with E-state index in [9.17, 15) is 23.9 Å². The van der Waals surface area contributed by atoms with Gasteiger partial charge in [0, 0.05) is 12.6 Å². The summed E-state index contributed by atoms with van der Waals surface area (Å²) in [5.41, 5.74) is -1.20. The van der Waals surface area contributed by atoms with Gasteiger partial charge in [-0.05, 0) is 50.1 Å². The average molecular weight is 432 g/mol. The Kier molecular flexibility index (Phi) is 5.67. The fraction of sp³-hybridized carbons (Fsp3) is 0.227. The molecule has 2 aromatic heterocycles. The summed E-state index contributed by atoms with van der Waals surface area (Å²) in [6.07, 6.45) is 1.51. The van der Waals surface area contributed by atoms with Crippen LogP contribution in [0.15, 0.2) is 47.4 Å². The fourth-order valence-electron chi connectivity index (χ4n) is 3.00. The van der Waals surface area contributed by atoms with E-state index in [4.69, 9.17) is 16.3 Å². The number of pyridine rings is 2. The van der Waals surface area contributed by atoms with Gasteiger partial charge in [-0.25, -0.2) is 14.0 Å². The number of carboxylic acids is 1. The number of carbonyl (C=O) groups is 2. The SMILES string of the molecule is CC(C)(C)OC(=O)c1cc(C(=O)O)c(=O)n2cc(Cc3cccc(Cl)c3F)ccc12. The highest BCUT2D eigenvalue weighted by Crippen LogP contribution is 2.22. The number of carboxylic acid groups (broad SMARTS) is 1. The number of ether oxygens (including phenoxy) is 1. The molecular formula is C22H19ClFNO5. The molecule has 0 unspecified atom stereocenters. The third-order valence-electron chi connectivity index (χ3n) is 4.30. The van der Waals surface area contributed by atoms with Crippen LogP contribution in [-0.4, -0.2) is 27.0 Å². The summed E-state index contributed by atoms with van der Waals surface area (Å²) in [6, 6.07) is 8.75. The molecule has 0 spiro atoms. The van der Waals surface area contributed by atoms with Gasteiger partial charge in [-0.3, -0.25) is 9.20 Å². The van der Waals surface area contributed by atoms with Gasteiger partial charge in [-0.15, -0.1) is 0 Å². The molecule has 8 heteroatoms. The first-order valence-electron chi connectivity index (χ1n) is 9.06. The lowest BCUT2D eigenvalue weighted by molar-refractivity contribution is 0.00713. The molecule has 0 bridgehead atoms. The number of hydrogen-bond acceptors (Lipinski definition) is 4. The minimum atomic E-state index is -1.47. The van der Waals surface area contributed by atoms with Crippen LogP contribution in [0.25, 0.3) is 5.52 Å². The quantitative estimate of drug-likeness (QED) is 0.621. The number of carbonyl (C=O) groups excluding carboxylic acids is 1. The monoisotopic (exact) mass is 431 g/mol. The van der Waals surface area contributed by atoms with Crippen LogP contribution in [0.3, 0.4) is 0 Å². The van der Waals surface area contributed by atoms with Gasteiger partial charge in [0.2, 0.25) is 0 Å². The second-order valence-electron chi connectivity index (χ2n) is 7.77. The second kappa shape index (κ2) is 7.91. The molecule has 0 amide bonds. The number of nitrogens with zero attached hydrogens (tertiary/aromatic N) is 1. The number of fused-ring (bicyclic) bond motifs is 1. The fourth-order valence-corrected chi connectivity index (χ4v) is 3.20. The van der Waals surface area contributed by atoms with Gasteiger partial charge in [0.1, 0.15) is 17.0 Å². The molecule has 2 heterocycles. The van der Waals surface area contributed by atoms with Crippen molar-refractivity contribution in [2.45, 2.75) is 32.8 Å². The molecule has 156 valence electrons. The predicted molar refractivity (Wildman–Crippen MR) is 110 cm³/mol. The molecule has 0 saturated heterocycles. The van der Waals surface area contributed by atoms with Crippen molar-refractivity contribution in [2.75, 3.05) is 0 Å². The summed E-state index contributed by atoms with van der Waals surface area (Å²) in [5, 5.41) is 9.38. The van der Waals surface area contributed by atoms with Gasteiger partial charge >= 0.3 is 11.9 Å². The Bertz CT molecular complexity index is 1230. The van der Waals surface area contributed by atoms with E-state index in [1.54, 1.807) is 39.0 Å². The number of hydrogen-bond donors (Lipinski definition) is 1. The maximum absolute atomic E-state index is 14.2. The summed E-state index contributed by atoms with van der Waals surface area (Å²) in [6.45, 7) is 5.04. The number of aromatic nitrogens is 1. The number of rotatable bonds is 4. The van der Waals surface area contributed by atoms with Gasteiger partial charge in [-0.1, -0.05) is 29.8 Å². The summed E-state index contributed by atoms with van der Waals surface area (Å²) in [7, 11) is 0. The first-order valence-corrected chi connectivity index (χ1v) is 9.43.